The summed E-state index contributed by atoms with van der Waals surface area (Å²) in [6, 6.07) is 117. The average Bonchev–Trinajstić information content (AvgIpc) is 0.984. The van der Waals surface area contributed by atoms with E-state index in [9.17, 15) is 0 Å². The lowest BCUT2D eigenvalue weighted by Crippen LogP contribution is -1.98. The predicted molar refractivity (Wildman–Crippen MR) is 574 cm³/mol. The zero-order valence-corrected chi connectivity index (χ0v) is 78.6. The molecule has 0 aliphatic carbocycles. The lowest BCUT2D eigenvalue weighted by Gasteiger charge is -2.21. The summed E-state index contributed by atoms with van der Waals surface area (Å²) in [5.74, 6) is 0. The second-order valence-electron chi connectivity index (χ2n) is 38.6. The van der Waals surface area contributed by atoms with Gasteiger partial charge in [-0.25, -0.2) is 0 Å². The number of aryl methyl sites for hydroxylation is 6. The van der Waals surface area contributed by atoms with Gasteiger partial charge in [0.25, 0.3) is 0 Å². The number of hydrogen-bond donors (Lipinski definition) is 0. The van der Waals surface area contributed by atoms with E-state index in [1.165, 1.54) is 345 Å². The third-order valence-electron chi connectivity index (χ3n) is 30.3. The Kier molecular flexibility index (Phi) is 23.7. The second kappa shape index (κ2) is 37.0. The summed E-state index contributed by atoms with van der Waals surface area (Å²) in [7, 11) is 0. The number of nitrogens with zero attached hydrogens (tertiary/aromatic N) is 6. The number of hydrogen-bond acceptors (Lipinski definition) is 0. The Morgan fingerprint density at radius 3 is 0.424 bits per heavy atom. The molecule has 0 aliphatic heterocycles. The first-order chi connectivity index (χ1) is 65.3. The Hall–Kier alpha value is -12.9. The van der Waals surface area contributed by atoms with Crippen molar-refractivity contribution in [1.29, 1.82) is 0 Å². The van der Waals surface area contributed by atoms with Crippen molar-refractivity contribution in [2.75, 3.05) is 0 Å². The summed E-state index contributed by atoms with van der Waals surface area (Å²) in [6.07, 6.45) is 29.0. The van der Waals surface area contributed by atoms with Gasteiger partial charge >= 0.3 is 0 Å². The van der Waals surface area contributed by atoms with E-state index in [4.69, 9.17) is 0 Å². The maximum Gasteiger partial charge on any atom is 0.0491 e. The fourth-order valence-electron chi connectivity index (χ4n) is 23.5. The van der Waals surface area contributed by atoms with Crippen molar-refractivity contribution in [1.82, 2.24) is 27.4 Å². The summed E-state index contributed by atoms with van der Waals surface area (Å²) >= 11 is 0. The quantitative estimate of drug-likeness (QED) is 0.0277. The Morgan fingerprint density at radius 2 is 0.273 bits per heavy atom. The van der Waals surface area contributed by atoms with E-state index in [-0.39, 0.29) is 0 Å². The highest BCUT2D eigenvalue weighted by molar-refractivity contribution is 6.30. The van der Waals surface area contributed by atoms with Crippen LogP contribution < -0.4 is 0 Å². The summed E-state index contributed by atoms with van der Waals surface area (Å²) in [5, 5.41) is 23.2. The summed E-state index contributed by atoms with van der Waals surface area (Å²) in [5.41, 5.74) is 30.4. The number of benzene rings is 16. The number of aromatic nitrogens is 6. The highest BCUT2D eigenvalue weighted by atomic mass is 15.0. The lowest BCUT2D eigenvalue weighted by molar-refractivity contribution is 0.602. The third-order valence-corrected chi connectivity index (χ3v) is 30.3. The fourth-order valence-corrected chi connectivity index (χ4v) is 23.5. The van der Waals surface area contributed by atoms with Crippen molar-refractivity contribution in [3.8, 4) is 66.8 Å². The molecular weight excluding hydrogens is 1600 g/mol. The van der Waals surface area contributed by atoms with Crippen LogP contribution in [0.25, 0.3) is 230 Å². The molecule has 0 unspecified atom stereocenters. The molecule has 6 heterocycles. The highest BCUT2D eigenvalue weighted by Gasteiger charge is 2.27. The van der Waals surface area contributed by atoms with Crippen LogP contribution in [0.2, 0.25) is 0 Å². The van der Waals surface area contributed by atoms with Crippen LogP contribution in [0, 0.1) is 0 Å². The first-order valence-electron chi connectivity index (χ1n) is 50.9. The van der Waals surface area contributed by atoms with Crippen molar-refractivity contribution in [2.24, 2.45) is 0 Å². The molecule has 6 aromatic heterocycles. The van der Waals surface area contributed by atoms with E-state index >= 15 is 0 Å². The van der Waals surface area contributed by atoms with Gasteiger partial charge in [-0.3, -0.25) is 0 Å². The minimum atomic E-state index is 0.989. The Labute approximate surface area is 778 Å². The minimum absolute atomic E-state index is 0.989. The van der Waals surface area contributed by atoms with Gasteiger partial charge in [0.15, 0.2) is 0 Å². The molecule has 0 radical (unpaired) electrons. The summed E-state index contributed by atoms with van der Waals surface area (Å²) < 4.78 is 15.8. The number of fused-ring (bicyclic) bond motifs is 24. The van der Waals surface area contributed by atoms with E-state index in [0.717, 1.165) is 77.8 Å². The van der Waals surface area contributed by atoms with Gasteiger partial charge in [-0.15, -0.1) is 0 Å². The molecule has 22 rings (SSSR count). The zero-order chi connectivity index (χ0) is 88.9. The topological polar surface area (TPSA) is 29.6 Å². The molecule has 0 saturated heterocycles. The molecule has 6 heteroatoms. The van der Waals surface area contributed by atoms with Crippen molar-refractivity contribution in [2.45, 2.75) is 235 Å². The Bertz CT molecular complexity index is 6870. The van der Waals surface area contributed by atoms with Crippen molar-refractivity contribution in [3.63, 3.8) is 0 Å². The molecule has 0 fully saturated rings. The van der Waals surface area contributed by atoms with Gasteiger partial charge in [-0.05, 0) is 283 Å². The first kappa shape index (κ1) is 84.6. The van der Waals surface area contributed by atoms with Crippen molar-refractivity contribution < 1.29 is 0 Å². The lowest BCUT2D eigenvalue weighted by atomic mass is 9.82. The van der Waals surface area contributed by atoms with Crippen LogP contribution >= 0.6 is 0 Å². The van der Waals surface area contributed by atoms with E-state index in [1.807, 2.05) is 0 Å². The molecule has 6 nitrogen and oxygen atoms in total. The average molecular weight is 1720 g/mol. The highest BCUT2D eigenvalue weighted by Crippen LogP contribution is 2.52. The minimum Gasteiger partial charge on any atom is -0.340 e. The second-order valence-corrected chi connectivity index (χ2v) is 38.6. The Morgan fingerprint density at radius 1 is 0.129 bits per heavy atom. The molecule has 0 bridgehead atoms. The molecule has 0 saturated carbocycles. The molecule has 660 valence electrons. The smallest absolute Gasteiger partial charge is 0.0491 e. The molecule has 16 aromatic carbocycles. The van der Waals surface area contributed by atoms with Crippen molar-refractivity contribution in [3.05, 3.63) is 291 Å². The predicted octanol–water partition coefficient (Wildman–Crippen LogP) is 37.3. The van der Waals surface area contributed by atoms with Crippen LogP contribution in [-0.4, -0.2) is 27.4 Å². The molecule has 0 aliphatic rings. The van der Waals surface area contributed by atoms with Gasteiger partial charge in [0, 0.05) is 170 Å². The van der Waals surface area contributed by atoms with Crippen LogP contribution in [0.15, 0.2) is 291 Å². The molecule has 0 atom stereocenters. The normalized spacial score (nSPS) is 12.3. The molecule has 22 aromatic rings. The molecule has 0 N–H and O–H groups in total. The number of unbranched alkanes of at least 4 members (excludes halogenated alkanes) is 18. The Balaban J connectivity index is 0.883. The fraction of sp³-hybridized carbons (Fsp3) is 0.286. The maximum atomic E-state index is 2.68. The van der Waals surface area contributed by atoms with Crippen LogP contribution in [0.5, 0.6) is 0 Å². The molecule has 0 amide bonds. The van der Waals surface area contributed by atoms with Crippen LogP contribution in [0.3, 0.4) is 0 Å². The number of rotatable bonds is 36. The van der Waals surface area contributed by atoms with Gasteiger partial charge in [0.1, 0.15) is 0 Å². The number of para-hydroxylation sites is 6. The van der Waals surface area contributed by atoms with E-state index < -0.39 is 0 Å². The SMILES string of the molecule is CCCCCCn1c2ccccc2c2cc(-c3cc4c5cc(-c6ccc7c(c6)c6ccccc6n7CCCCCC)c(-c6ccc7c(c6)c6ccccc6n7CCCCCC)cc5c5cc(-c6ccc7c(c6)c6ccccc6n7CCCCCC)c(-c6ccc7c(c6)c6ccccc6n7CCCCCC)cc5c4cc3-c3ccc4c(c3)c3ccccc3n4CCCCCC)ccc21. The van der Waals surface area contributed by atoms with E-state index in [0.29, 0.717) is 0 Å². The van der Waals surface area contributed by atoms with Gasteiger partial charge in [0.2, 0.25) is 0 Å². The van der Waals surface area contributed by atoms with Gasteiger partial charge in [-0.2, -0.15) is 0 Å². The first-order valence-corrected chi connectivity index (χ1v) is 50.9. The van der Waals surface area contributed by atoms with Crippen LogP contribution in [0.1, 0.15) is 196 Å². The molecule has 132 heavy (non-hydrogen) atoms. The van der Waals surface area contributed by atoms with Crippen LogP contribution in [0.4, 0.5) is 0 Å². The molecule has 0 spiro atoms. The largest absolute Gasteiger partial charge is 0.340 e. The third kappa shape index (κ3) is 15.1. The summed E-state index contributed by atoms with van der Waals surface area (Å²) in [4.78, 5) is 0. The monoisotopic (exact) mass is 1720 g/mol. The zero-order valence-electron chi connectivity index (χ0n) is 78.6. The standard InChI is InChI=1S/C126H126N6/c1-7-13-19-37-67-127-115-49-31-25-43-91(115)109-73-85(55-61-121(109)127)97-79-103-104(80-98(97)86-56-62-122-110(74-86)92-44-26-32-50-116(92)128(122)68-38-20-14-8-2)106-82-100(88-58-64-124-112(76-88)94-46-28-34-52-118(94)130(124)70-40-22-16-10-4)102(90-60-66-126-114(78-90)96-48-30-36-54-120(96)132(126)72-42-24-18-12-6)84-108(106)107-83-101(89-59-65-125-113(77-89)95-47-29-35-53-119(95)131(125)71-41-23-17-11-5)99(81-105(103)107)87-57-63-123-111(75-87)93-45-27-33-51-117(93)129(123)69-39-21-15-9-3/h25-36,43-66,73-84H,7-24,37-42,67-72H2,1-6H3. The summed E-state index contributed by atoms with van der Waals surface area (Å²) in [6.45, 7) is 19.9. The maximum absolute atomic E-state index is 2.68. The molecular formula is C126H126N6. The van der Waals surface area contributed by atoms with Gasteiger partial charge in [-0.1, -0.05) is 303 Å². The van der Waals surface area contributed by atoms with Gasteiger partial charge < -0.3 is 27.4 Å². The van der Waals surface area contributed by atoms with E-state index in [1.54, 1.807) is 0 Å². The van der Waals surface area contributed by atoms with E-state index in [2.05, 4.69) is 360 Å². The van der Waals surface area contributed by atoms with Gasteiger partial charge in [0.05, 0.1) is 0 Å². The van der Waals surface area contributed by atoms with Crippen LogP contribution in [-0.2, 0) is 39.3 Å². The van der Waals surface area contributed by atoms with Crippen molar-refractivity contribution >= 4 is 163 Å².